The lowest BCUT2D eigenvalue weighted by molar-refractivity contribution is -0.139. The summed E-state index contributed by atoms with van der Waals surface area (Å²) in [4.78, 5) is 28.1. The highest BCUT2D eigenvalue weighted by Crippen LogP contribution is 2.35. The van der Waals surface area contributed by atoms with Crippen LogP contribution in [0.1, 0.15) is 39.7 Å². The molecule has 208 valence electrons. The maximum atomic E-state index is 13.8. The topological polar surface area (TPSA) is 105 Å². The average Bonchev–Trinajstić information content (AvgIpc) is 2.91. The Kier molecular flexibility index (Phi) is 10.1. The highest BCUT2D eigenvalue weighted by atomic mass is 35.5. The monoisotopic (exact) mass is 585 g/mol. The van der Waals surface area contributed by atoms with Gasteiger partial charge in [-0.3, -0.25) is 13.9 Å². The number of fused-ring (bicyclic) bond motifs is 1. The number of rotatable bonds is 11. The minimum atomic E-state index is -3.87. The molecule has 0 aromatic heterocycles. The molecule has 2 aromatic carbocycles. The van der Waals surface area contributed by atoms with E-state index in [1.807, 2.05) is 13.8 Å². The summed E-state index contributed by atoms with van der Waals surface area (Å²) in [6.07, 6.45) is 0.714. The van der Waals surface area contributed by atoms with Crippen molar-refractivity contribution in [2.75, 3.05) is 29.8 Å². The van der Waals surface area contributed by atoms with Crippen molar-refractivity contribution in [3.05, 3.63) is 52.0 Å². The zero-order valence-corrected chi connectivity index (χ0v) is 24.2. The fourth-order valence-corrected chi connectivity index (χ4v) is 5.16. The second-order valence-electron chi connectivity index (χ2n) is 9.00. The van der Waals surface area contributed by atoms with Crippen LogP contribution in [0, 0.1) is 0 Å². The van der Waals surface area contributed by atoms with Gasteiger partial charge in [-0.2, -0.15) is 0 Å². The lowest BCUT2D eigenvalue weighted by atomic mass is 10.1. The first-order valence-corrected chi connectivity index (χ1v) is 14.8. The third-order valence-electron chi connectivity index (χ3n) is 6.30. The third kappa shape index (κ3) is 7.24. The van der Waals surface area contributed by atoms with Gasteiger partial charge in [-0.1, -0.05) is 36.2 Å². The average molecular weight is 587 g/mol. The molecule has 0 saturated heterocycles. The predicted octanol–water partition coefficient (Wildman–Crippen LogP) is 4.25. The van der Waals surface area contributed by atoms with Crippen LogP contribution in [0.15, 0.2) is 36.4 Å². The molecule has 1 aliphatic rings. The number of anilines is 1. The number of hydrogen-bond acceptors (Lipinski definition) is 6. The molecule has 2 amide bonds. The molecule has 0 aliphatic carbocycles. The fourth-order valence-electron chi connectivity index (χ4n) is 3.79. The van der Waals surface area contributed by atoms with Crippen molar-refractivity contribution in [1.82, 2.24) is 10.2 Å². The van der Waals surface area contributed by atoms with Gasteiger partial charge in [0.2, 0.25) is 21.8 Å². The lowest BCUT2D eigenvalue weighted by Gasteiger charge is -2.32. The molecule has 1 N–H and O–H groups in total. The molecule has 1 heterocycles. The van der Waals surface area contributed by atoms with Gasteiger partial charge in [0.1, 0.15) is 25.8 Å². The smallest absolute Gasteiger partial charge is 0.244 e. The summed E-state index contributed by atoms with van der Waals surface area (Å²) in [7, 11) is -3.87. The molecule has 2 atom stereocenters. The summed E-state index contributed by atoms with van der Waals surface area (Å²) < 4.78 is 38.4. The number of sulfonamides is 1. The van der Waals surface area contributed by atoms with Crippen LogP contribution in [0.2, 0.25) is 10.0 Å². The number of ether oxygens (including phenoxy) is 2. The Labute approximate surface area is 234 Å². The van der Waals surface area contributed by atoms with E-state index in [-0.39, 0.29) is 29.9 Å². The summed E-state index contributed by atoms with van der Waals surface area (Å²) in [5.41, 5.74) is 0.899. The van der Waals surface area contributed by atoms with E-state index in [0.29, 0.717) is 46.7 Å². The van der Waals surface area contributed by atoms with E-state index in [1.54, 1.807) is 37.3 Å². The third-order valence-corrected chi connectivity index (χ3v) is 8.78. The Bertz CT molecular complexity index is 1270. The largest absolute Gasteiger partial charge is 0.486 e. The van der Waals surface area contributed by atoms with Gasteiger partial charge in [-0.05, 0) is 57.0 Å². The highest BCUT2D eigenvalue weighted by molar-refractivity contribution is 7.92. The molecular formula is C26H33Cl2N3O6S. The first-order valence-electron chi connectivity index (χ1n) is 12.4. The zero-order valence-electron chi connectivity index (χ0n) is 21.9. The first-order chi connectivity index (χ1) is 18.0. The Balaban J connectivity index is 1.96. The number of nitrogens with zero attached hydrogens (tertiary/aromatic N) is 2. The van der Waals surface area contributed by atoms with Crippen LogP contribution in [-0.2, 0) is 26.2 Å². The first kappa shape index (κ1) is 29.9. The Hall–Kier alpha value is -2.69. The fraction of sp³-hybridized carbons (Fsp3) is 0.462. The van der Waals surface area contributed by atoms with E-state index in [2.05, 4.69) is 5.32 Å². The number of amides is 2. The summed E-state index contributed by atoms with van der Waals surface area (Å²) in [5.74, 6) is -0.249. The molecule has 0 spiro atoms. The van der Waals surface area contributed by atoms with Gasteiger partial charge in [-0.25, -0.2) is 8.42 Å². The van der Waals surface area contributed by atoms with Gasteiger partial charge in [0, 0.05) is 18.7 Å². The van der Waals surface area contributed by atoms with Gasteiger partial charge >= 0.3 is 0 Å². The summed E-state index contributed by atoms with van der Waals surface area (Å²) in [6, 6.07) is 8.66. The van der Waals surface area contributed by atoms with E-state index < -0.39 is 28.5 Å². The van der Waals surface area contributed by atoms with E-state index in [4.69, 9.17) is 32.7 Å². The standard InChI is InChI=1S/C26H33Cl2N3O6S/c1-5-17(3)29-26(33)18(4)30(15-19-7-9-21(27)22(28)13-19)25(32)16-31(38(34,35)6-2)20-8-10-23-24(14-20)37-12-11-36-23/h7-10,13-14,17-18H,5-6,11-12,15-16H2,1-4H3,(H,29,33)/t17-,18+/m1/s1. The molecular weight excluding hydrogens is 553 g/mol. The number of halogens is 2. The molecule has 9 nitrogen and oxygen atoms in total. The number of benzene rings is 2. The van der Waals surface area contributed by atoms with Crippen LogP contribution < -0.4 is 19.1 Å². The van der Waals surface area contributed by atoms with Crippen LogP contribution in [0.25, 0.3) is 0 Å². The van der Waals surface area contributed by atoms with Crippen LogP contribution in [-0.4, -0.2) is 62.7 Å². The van der Waals surface area contributed by atoms with Crippen molar-refractivity contribution >= 4 is 50.7 Å². The molecule has 0 unspecified atom stereocenters. The molecule has 0 saturated carbocycles. The summed E-state index contributed by atoms with van der Waals surface area (Å²) in [6.45, 7) is 7.14. The second-order valence-corrected chi connectivity index (χ2v) is 12.0. The van der Waals surface area contributed by atoms with Crippen molar-refractivity contribution in [2.45, 2.75) is 52.7 Å². The molecule has 0 radical (unpaired) electrons. The molecule has 0 bridgehead atoms. The van der Waals surface area contributed by atoms with Crippen molar-refractivity contribution in [3.8, 4) is 11.5 Å². The predicted molar refractivity (Wildman–Crippen MR) is 149 cm³/mol. The van der Waals surface area contributed by atoms with Crippen molar-refractivity contribution < 1.29 is 27.5 Å². The maximum absolute atomic E-state index is 13.8. The number of nitrogens with one attached hydrogen (secondary N) is 1. The SMILES string of the molecule is CC[C@@H](C)NC(=O)[C@H](C)N(Cc1ccc(Cl)c(Cl)c1)C(=O)CN(c1ccc2c(c1)OCCO2)S(=O)(=O)CC. The van der Waals surface area contributed by atoms with Crippen molar-refractivity contribution in [3.63, 3.8) is 0 Å². The molecule has 1 aliphatic heterocycles. The number of hydrogen-bond donors (Lipinski definition) is 1. The molecule has 0 fully saturated rings. The van der Waals surface area contributed by atoms with Gasteiger partial charge in [0.15, 0.2) is 11.5 Å². The Morgan fingerprint density at radius 2 is 1.68 bits per heavy atom. The van der Waals surface area contributed by atoms with Gasteiger partial charge in [-0.15, -0.1) is 0 Å². The molecule has 12 heteroatoms. The Morgan fingerprint density at radius 3 is 2.32 bits per heavy atom. The zero-order chi connectivity index (χ0) is 28.0. The van der Waals surface area contributed by atoms with Crippen molar-refractivity contribution in [2.24, 2.45) is 0 Å². The van der Waals surface area contributed by atoms with Gasteiger partial charge in [0.05, 0.1) is 21.5 Å². The van der Waals surface area contributed by atoms with Gasteiger partial charge in [0.25, 0.3) is 0 Å². The second kappa shape index (κ2) is 12.9. The molecule has 2 aromatic rings. The normalized spacial score (nSPS) is 14.4. The number of carbonyl (C=O) groups is 2. The summed E-state index contributed by atoms with van der Waals surface area (Å²) in [5, 5.41) is 3.55. The van der Waals surface area contributed by atoms with E-state index in [1.165, 1.54) is 17.9 Å². The highest BCUT2D eigenvalue weighted by Gasteiger charge is 2.32. The minimum Gasteiger partial charge on any atom is -0.486 e. The summed E-state index contributed by atoms with van der Waals surface area (Å²) >= 11 is 12.2. The number of carbonyl (C=O) groups excluding carboxylic acids is 2. The maximum Gasteiger partial charge on any atom is 0.244 e. The van der Waals surface area contributed by atoms with Crippen LogP contribution in [0.5, 0.6) is 11.5 Å². The molecule has 3 rings (SSSR count). The van der Waals surface area contributed by atoms with E-state index in [0.717, 1.165) is 4.31 Å². The van der Waals surface area contributed by atoms with Crippen molar-refractivity contribution in [1.29, 1.82) is 0 Å². The van der Waals surface area contributed by atoms with Crippen LogP contribution in [0.4, 0.5) is 5.69 Å². The molecule has 38 heavy (non-hydrogen) atoms. The van der Waals surface area contributed by atoms with E-state index in [9.17, 15) is 18.0 Å². The Morgan fingerprint density at radius 1 is 1.00 bits per heavy atom. The quantitative estimate of drug-likeness (QED) is 0.422. The van der Waals surface area contributed by atoms with Gasteiger partial charge < -0.3 is 19.7 Å². The lowest BCUT2D eigenvalue weighted by Crippen LogP contribution is -2.52. The van der Waals surface area contributed by atoms with Crippen LogP contribution >= 0.6 is 23.2 Å². The van der Waals surface area contributed by atoms with Crippen LogP contribution in [0.3, 0.4) is 0 Å². The van der Waals surface area contributed by atoms with E-state index >= 15 is 0 Å². The minimum absolute atomic E-state index is 0.0198.